The van der Waals surface area contributed by atoms with Gasteiger partial charge in [-0.15, -0.1) is 0 Å². The Labute approximate surface area is 119 Å². The van der Waals surface area contributed by atoms with Gasteiger partial charge in [-0.1, -0.05) is 0 Å². The average molecular weight is 284 g/mol. The van der Waals surface area contributed by atoms with Crippen molar-refractivity contribution < 1.29 is 9.15 Å². The van der Waals surface area contributed by atoms with Gasteiger partial charge in [0.2, 0.25) is 11.8 Å². The zero-order valence-electron chi connectivity index (χ0n) is 11.2. The number of ether oxygens (including phenoxy) is 1. The normalized spacial score (nSPS) is 10.5. The number of aromatic nitrogens is 3. The number of pyridine rings is 1. The van der Waals surface area contributed by atoms with Gasteiger partial charge in [0.05, 0.1) is 18.9 Å². The molecule has 0 aliphatic carbocycles. The van der Waals surface area contributed by atoms with E-state index in [2.05, 4.69) is 15.0 Å². The van der Waals surface area contributed by atoms with Gasteiger partial charge in [-0.3, -0.25) is 9.78 Å². The highest BCUT2D eigenvalue weighted by atomic mass is 16.5. The van der Waals surface area contributed by atoms with E-state index in [0.717, 1.165) is 0 Å². The van der Waals surface area contributed by atoms with Crippen LogP contribution in [0.4, 0.5) is 5.95 Å². The average Bonchev–Trinajstić information content (AvgIpc) is 3.01. The fraction of sp³-hybridized carbons (Fsp3) is 0.0714. The lowest BCUT2D eigenvalue weighted by Crippen LogP contribution is -2.15. The highest BCUT2D eigenvalue weighted by molar-refractivity contribution is 5.78. The predicted molar refractivity (Wildman–Crippen MR) is 76.8 cm³/mol. The molecule has 0 aliphatic heterocycles. The first-order valence-corrected chi connectivity index (χ1v) is 6.13. The van der Waals surface area contributed by atoms with E-state index in [9.17, 15) is 4.79 Å². The van der Waals surface area contributed by atoms with Gasteiger partial charge >= 0.3 is 0 Å². The molecular weight excluding hydrogens is 272 g/mol. The topological polar surface area (TPSA) is 107 Å². The largest absolute Gasteiger partial charge is 0.481 e. The van der Waals surface area contributed by atoms with Gasteiger partial charge in [-0.2, -0.15) is 0 Å². The molecule has 3 aromatic heterocycles. The maximum Gasteiger partial charge on any atom is 0.260 e. The van der Waals surface area contributed by atoms with Crippen LogP contribution in [-0.4, -0.2) is 22.1 Å². The molecule has 7 nitrogen and oxygen atoms in total. The summed E-state index contributed by atoms with van der Waals surface area (Å²) in [5, 5.41) is 0. The van der Waals surface area contributed by atoms with Crippen LogP contribution in [0.15, 0.2) is 45.9 Å². The van der Waals surface area contributed by atoms with Gasteiger partial charge in [0.15, 0.2) is 5.76 Å². The van der Waals surface area contributed by atoms with E-state index in [1.165, 1.54) is 19.6 Å². The molecule has 0 aliphatic rings. The van der Waals surface area contributed by atoms with Gasteiger partial charge in [0, 0.05) is 17.8 Å². The summed E-state index contributed by atoms with van der Waals surface area (Å²) in [6.45, 7) is 0. The summed E-state index contributed by atoms with van der Waals surface area (Å²) in [6, 6.07) is 6.81. The van der Waals surface area contributed by atoms with Crippen molar-refractivity contribution in [3.05, 3.63) is 47.1 Å². The summed E-state index contributed by atoms with van der Waals surface area (Å²) < 4.78 is 10.3. The molecule has 0 amide bonds. The molecule has 0 saturated heterocycles. The number of methoxy groups -OCH3 is 1. The number of aromatic amines is 1. The van der Waals surface area contributed by atoms with Crippen molar-refractivity contribution in [1.82, 2.24) is 15.0 Å². The zero-order chi connectivity index (χ0) is 14.8. The standard InChI is InChI=1S/C14H12N4O3/c1-20-10-5-4-8(7-16-10)11-12(9-3-2-6-21-9)17-14(15)18-13(11)19/h2-7H,1H3,(H3,15,17,18,19). The summed E-state index contributed by atoms with van der Waals surface area (Å²) >= 11 is 0. The molecule has 3 heterocycles. The van der Waals surface area contributed by atoms with Crippen LogP contribution in [0.2, 0.25) is 0 Å². The van der Waals surface area contributed by atoms with Gasteiger partial charge in [-0.25, -0.2) is 9.97 Å². The fourth-order valence-electron chi connectivity index (χ4n) is 2.00. The molecule has 3 aromatic rings. The van der Waals surface area contributed by atoms with Crippen LogP contribution < -0.4 is 16.0 Å². The summed E-state index contributed by atoms with van der Waals surface area (Å²) in [5.41, 5.74) is 6.56. The third kappa shape index (κ3) is 2.36. The van der Waals surface area contributed by atoms with E-state index in [0.29, 0.717) is 28.5 Å². The lowest BCUT2D eigenvalue weighted by atomic mass is 10.1. The lowest BCUT2D eigenvalue weighted by Gasteiger charge is -2.07. The Morgan fingerprint density at radius 1 is 1.33 bits per heavy atom. The van der Waals surface area contributed by atoms with E-state index in [4.69, 9.17) is 14.9 Å². The van der Waals surface area contributed by atoms with Crippen LogP contribution in [0.1, 0.15) is 0 Å². The Hall–Kier alpha value is -3.09. The highest BCUT2D eigenvalue weighted by Crippen LogP contribution is 2.28. The highest BCUT2D eigenvalue weighted by Gasteiger charge is 2.17. The van der Waals surface area contributed by atoms with Crippen molar-refractivity contribution >= 4 is 5.95 Å². The Morgan fingerprint density at radius 3 is 2.81 bits per heavy atom. The molecule has 0 bridgehead atoms. The first-order valence-electron chi connectivity index (χ1n) is 6.13. The fourth-order valence-corrected chi connectivity index (χ4v) is 2.00. The Bertz CT molecular complexity index is 807. The number of hydrogen-bond donors (Lipinski definition) is 2. The SMILES string of the molecule is COc1ccc(-c2c(-c3ccco3)nc(N)[nH]c2=O)cn1. The van der Waals surface area contributed by atoms with Crippen LogP contribution in [0, 0.1) is 0 Å². The van der Waals surface area contributed by atoms with E-state index in [1.54, 1.807) is 24.3 Å². The molecule has 106 valence electrons. The molecule has 7 heteroatoms. The van der Waals surface area contributed by atoms with Crippen molar-refractivity contribution in [2.24, 2.45) is 0 Å². The molecule has 0 fully saturated rings. The van der Waals surface area contributed by atoms with E-state index in [-0.39, 0.29) is 11.5 Å². The van der Waals surface area contributed by atoms with E-state index < -0.39 is 0 Å². The number of furan rings is 1. The third-order valence-electron chi connectivity index (χ3n) is 2.93. The summed E-state index contributed by atoms with van der Waals surface area (Å²) in [6.07, 6.45) is 3.04. The summed E-state index contributed by atoms with van der Waals surface area (Å²) in [7, 11) is 1.52. The molecule has 0 saturated carbocycles. The Balaban J connectivity index is 2.23. The van der Waals surface area contributed by atoms with Crippen molar-refractivity contribution in [1.29, 1.82) is 0 Å². The molecule has 3 N–H and O–H groups in total. The number of H-pyrrole nitrogens is 1. The van der Waals surface area contributed by atoms with Crippen LogP contribution in [0.5, 0.6) is 5.88 Å². The van der Waals surface area contributed by atoms with E-state index in [1.807, 2.05) is 0 Å². The third-order valence-corrected chi connectivity index (χ3v) is 2.93. The van der Waals surface area contributed by atoms with Crippen LogP contribution >= 0.6 is 0 Å². The van der Waals surface area contributed by atoms with Crippen molar-refractivity contribution in [2.45, 2.75) is 0 Å². The minimum absolute atomic E-state index is 0.0246. The number of hydrogen-bond acceptors (Lipinski definition) is 6. The monoisotopic (exact) mass is 284 g/mol. The van der Waals surface area contributed by atoms with E-state index >= 15 is 0 Å². The number of nitrogens with two attached hydrogens (primary N) is 1. The maximum atomic E-state index is 12.2. The first kappa shape index (κ1) is 12.9. The number of nitrogens with one attached hydrogen (secondary N) is 1. The lowest BCUT2D eigenvalue weighted by molar-refractivity contribution is 0.398. The molecule has 0 aromatic carbocycles. The minimum Gasteiger partial charge on any atom is -0.481 e. The second-order valence-corrected chi connectivity index (χ2v) is 4.24. The first-order chi connectivity index (χ1) is 10.2. The summed E-state index contributed by atoms with van der Waals surface area (Å²) in [4.78, 5) is 23.0. The van der Waals surface area contributed by atoms with Crippen molar-refractivity contribution in [3.8, 4) is 28.5 Å². The number of rotatable bonds is 3. The van der Waals surface area contributed by atoms with Gasteiger partial charge < -0.3 is 14.9 Å². The molecule has 0 spiro atoms. The second kappa shape index (κ2) is 5.12. The Kier molecular flexibility index (Phi) is 3.15. The molecule has 21 heavy (non-hydrogen) atoms. The molecule has 3 rings (SSSR count). The van der Waals surface area contributed by atoms with Crippen molar-refractivity contribution in [3.63, 3.8) is 0 Å². The minimum atomic E-state index is -0.360. The van der Waals surface area contributed by atoms with Gasteiger partial charge in [0.25, 0.3) is 5.56 Å². The predicted octanol–water partition coefficient (Wildman–Crippen LogP) is 1.68. The Morgan fingerprint density at radius 2 is 2.19 bits per heavy atom. The van der Waals surface area contributed by atoms with Gasteiger partial charge in [-0.05, 0) is 18.2 Å². The quantitative estimate of drug-likeness (QED) is 0.757. The number of nitrogens with zero attached hydrogens (tertiary/aromatic N) is 2. The molecule has 0 atom stereocenters. The second-order valence-electron chi connectivity index (χ2n) is 4.24. The van der Waals surface area contributed by atoms with Crippen LogP contribution in [0.3, 0.4) is 0 Å². The molecule has 0 unspecified atom stereocenters. The summed E-state index contributed by atoms with van der Waals surface area (Å²) in [5.74, 6) is 0.938. The molecular formula is C14H12N4O3. The maximum absolute atomic E-state index is 12.2. The zero-order valence-corrected chi connectivity index (χ0v) is 11.2. The van der Waals surface area contributed by atoms with Crippen molar-refractivity contribution in [2.75, 3.05) is 12.8 Å². The van der Waals surface area contributed by atoms with Gasteiger partial charge in [0.1, 0.15) is 5.69 Å². The van der Waals surface area contributed by atoms with Crippen LogP contribution in [0.25, 0.3) is 22.6 Å². The van der Waals surface area contributed by atoms with Crippen LogP contribution in [-0.2, 0) is 0 Å². The molecule has 0 radical (unpaired) electrons. The smallest absolute Gasteiger partial charge is 0.260 e. The number of nitrogen functional groups attached to an aromatic ring is 1. The number of anilines is 1.